The second-order valence-corrected chi connectivity index (χ2v) is 5.67. The van der Waals surface area contributed by atoms with Crippen molar-refractivity contribution in [3.05, 3.63) is 46.8 Å². The van der Waals surface area contributed by atoms with Crippen LogP contribution in [-0.2, 0) is 6.54 Å². The molecule has 1 aromatic carbocycles. The first kappa shape index (κ1) is 15.4. The van der Waals surface area contributed by atoms with E-state index in [-0.39, 0.29) is 0 Å². The van der Waals surface area contributed by atoms with Crippen molar-refractivity contribution in [1.29, 1.82) is 0 Å². The first-order valence-corrected chi connectivity index (χ1v) is 7.26. The van der Waals surface area contributed by atoms with Crippen molar-refractivity contribution in [3.63, 3.8) is 0 Å². The Kier molecular flexibility index (Phi) is 4.91. The summed E-state index contributed by atoms with van der Waals surface area (Å²) >= 11 is 0. The molecule has 1 heterocycles. The number of rotatable bonds is 5. The molecule has 2 rings (SSSR count). The van der Waals surface area contributed by atoms with Crippen LogP contribution in [0.1, 0.15) is 36.2 Å². The largest absolute Gasteiger partial charge is 0.424 e. The fourth-order valence-corrected chi connectivity index (χ4v) is 1.92. The molecule has 0 saturated carbocycles. The van der Waals surface area contributed by atoms with Crippen LogP contribution in [0.3, 0.4) is 0 Å². The lowest BCUT2D eigenvalue weighted by atomic mass is 10.1. The average Bonchev–Trinajstić information content (AvgIpc) is 2.42. The summed E-state index contributed by atoms with van der Waals surface area (Å²) in [4.78, 5) is 8.75. The van der Waals surface area contributed by atoms with Gasteiger partial charge < -0.3 is 10.1 Å². The SMILES string of the molecule is Cc1ccc(C)c(Oc2ncc(CNC(C)C)c(C)n2)c1. The maximum atomic E-state index is 5.81. The van der Waals surface area contributed by atoms with Crippen molar-refractivity contribution in [2.45, 2.75) is 47.2 Å². The van der Waals surface area contributed by atoms with E-state index in [0.717, 1.165) is 34.7 Å². The Labute approximate surface area is 126 Å². The third-order valence-electron chi connectivity index (χ3n) is 3.30. The Hall–Kier alpha value is -1.94. The number of aromatic nitrogens is 2. The Morgan fingerprint density at radius 3 is 2.62 bits per heavy atom. The monoisotopic (exact) mass is 285 g/mol. The molecule has 21 heavy (non-hydrogen) atoms. The van der Waals surface area contributed by atoms with E-state index in [4.69, 9.17) is 4.74 Å². The van der Waals surface area contributed by atoms with Crippen LogP contribution >= 0.6 is 0 Å². The quantitative estimate of drug-likeness (QED) is 0.910. The van der Waals surface area contributed by atoms with Gasteiger partial charge in [0.1, 0.15) is 5.75 Å². The van der Waals surface area contributed by atoms with E-state index >= 15 is 0 Å². The standard InChI is InChI=1S/C17H23N3O/c1-11(2)18-9-15-10-19-17(20-14(15)5)21-16-8-12(3)6-7-13(16)4/h6-8,10-11,18H,9H2,1-5H3. The second kappa shape index (κ2) is 6.68. The average molecular weight is 285 g/mol. The van der Waals surface area contributed by atoms with Gasteiger partial charge in [-0.05, 0) is 38.0 Å². The number of aryl methyl sites for hydroxylation is 3. The molecule has 1 N–H and O–H groups in total. The Morgan fingerprint density at radius 2 is 1.95 bits per heavy atom. The van der Waals surface area contributed by atoms with E-state index in [1.165, 1.54) is 0 Å². The van der Waals surface area contributed by atoms with Gasteiger partial charge in [-0.1, -0.05) is 26.0 Å². The van der Waals surface area contributed by atoms with Crippen LogP contribution in [0.25, 0.3) is 0 Å². The first-order valence-electron chi connectivity index (χ1n) is 7.26. The zero-order valence-electron chi connectivity index (χ0n) is 13.4. The smallest absolute Gasteiger partial charge is 0.322 e. The van der Waals surface area contributed by atoms with Gasteiger partial charge in [0.2, 0.25) is 0 Å². The van der Waals surface area contributed by atoms with Crippen LogP contribution in [0, 0.1) is 20.8 Å². The van der Waals surface area contributed by atoms with Gasteiger partial charge in [0.05, 0.1) is 0 Å². The minimum absolute atomic E-state index is 0.398. The molecule has 0 aliphatic rings. The van der Waals surface area contributed by atoms with Crippen molar-refractivity contribution in [1.82, 2.24) is 15.3 Å². The van der Waals surface area contributed by atoms with Crippen molar-refractivity contribution in [2.75, 3.05) is 0 Å². The maximum absolute atomic E-state index is 5.81. The van der Waals surface area contributed by atoms with Crippen LogP contribution in [0.2, 0.25) is 0 Å². The third-order valence-corrected chi connectivity index (χ3v) is 3.30. The van der Waals surface area contributed by atoms with E-state index in [0.29, 0.717) is 12.1 Å². The number of ether oxygens (including phenoxy) is 1. The first-order chi connectivity index (χ1) is 9.95. The number of nitrogens with one attached hydrogen (secondary N) is 1. The minimum Gasteiger partial charge on any atom is -0.424 e. The summed E-state index contributed by atoms with van der Waals surface area (Å²) in [6.45, 7) is 11.0. The lowest BCUT2D eigenvalue weighted by Crippen LogP contribution is -2.22. The molecule has 0 bridgehead atoms. The molecule has 0 spiro atoms. The highest BCUT2D eigenvalue weighted by atomic mass is 16.5. The molecule has 0 radical (unpaired) electrons. The highest BCUT2D eigenvalue weighted by Crippen LogP contribution is 2.24. The fourth-order valence-electron chi connectivity index (χ4n) is 1.92. The highest BCUT2D eigenvalue weighted by Gasteiger charge is 2.08. The molecule has 0 atom stereocenters. The van der Waals surface area contributed by atoms with Gasteiger partial charge in [-0.15, -0.1) is 0 Å². The normalized spacial score (nSPS) is 11.0. The Balaban J connectivity index is 2.14. The predicted octanol–water partition coefficient (Wildman–Crippen LogP) is 3.69. The summed E-state index contributed by atoms with van der Waals surface area (Å²) < 4.78 is 5.81. The van der Waals surface area contributed by atoms with Crippen molar-refractivity contribution >= 4 is 0 Å². The highest BCUT2D eigenvalue weighted by molar-refractivity contribution is 5.37. The summed E-state index contributed by atoms with van der Waals surface area (Å²) in [5, 5.41) is 3.37. The molecular formula is C17H23N3O. The van der Waals surface area contributed by atoms with Gasteiger partial charge in [-0.25, -0.2) is 4.98 Å². The molecule has 112 valence electrons. The fraction of sp³-hybridized carbons (Fsp3) is 0.412. The van der Waals surface area contributed by atoms with Crippen molar-refractivity contribution in [2.24, 2.45) is 0 Å². The minimum atomic E-state index is 0.398. The molecule has 4 heteroatoms. The third kappa shape index (κ3) is 4.26. The van der Waals surface area contributed by atoms with Crippen molar-refractivity contribution < 1.29 is 4.74 Å². The predicted molar refractivity (Wildman–Crippen MR) is 84.7 cm³/mol. The summed E-state index contributed by atoms with van der Waals surface area (Å²) in [5.74, 6) is 0.808. The van der Waals surface area contributed by atoms with Gasteiger partial charge in [0.25, 0.3) is 0 Å². The summed E-state index contributed by atoms with van der Waals surface area (Å²) in [6.07, 6.45) is 1.83. The molecule has 0 saturated heterocycles. The van der Waals surface area contributed by atoms with Gasteiger partial charge in [0.15, 0.2) is 0 Å². The Morgan fingerprint density at radius 1 is 1.19 bits per heavy atom. The lowest BCUT2D eigenvalue weighted by Gasteiger charge is -2.12. The van der Waals surface area contributed by atoms with Gasteiger partial charge in [-0.3, -0.25) is 0 Å². The number of hydrogen-bond acceptors (Lipinski definition) is 4. The maximum Gasteiger partial charge on any atom is 0.322 e. The zero-order chi connectivity index (χ0) is 15.4. The van der Waals surface area contributed by atoms with Gasteiger partial charge >= 0.3 is 6.01 Å². The number of benzene rings is 1. The van der Waals surface area contributed by atoms with Crippen LogP contribution in [-0.4, -0.2) is 16.0 Å². The molecule has 0 amide bonds. The van der Waals surface area contributed by atoms with Crippen LogP contribution < -0.4 is 10.1 Å². The molecule has 4 nitrogen and oxygen atoms in total. The van der Waals surface area contributed by atoms with Crippen molar-refractivity contribution in [3.8, 4) is 11.8 Å². The topological polar surface area (TPSA) is 47.0 Å². The van der Waals surface area contributed by atoms with Crippen LogP contribution in [0.5, 0.6) is 11.8 Å². The molecule has 0 aliphatic heterocycles. The van der Waals surface area contributed by atoms with E-state index in [1.807, 2.05) is 39.1 Å². The molecule has 1 aromatic heterocycles. The molecule has 2 aromatic rings. The molecular weight excluding hydrogens is 262 g/mol. The molecule has 0 fully saturated rings. The molecule has 0 aliphatic carbocycles. The number of hydrogen-bond donors (Lipinski definition) is 1. The van der Waals surface area contributed by atoms with E-state index < -0.39 is 0 Å². The van der Waals surface area contributed by atoms with Gasteiger partial charge in [-0.2, -0.15) is 4.98 Å². The van der Waals surface area contributed by atoms with E-state index in [2.05, 4.69) is 35.2 Å². The van der Waals surface area contributed by atoms with Gasteiger partial charge in [0, 0.05) is 30.0 Å². The van der Waals surface area contributed by atoms with E-state index in [1.54, 1.807) is 0 Å². The summed E-state index contributed by atoms with van der Waals surface area (Å²) in [6, 6.07) is 6.94. The van der Waals surface area contributed by atoms with Crippen LogP contribution in [0.4, 0.5) is 0 Å². The zero-order valence-corrected chi connectivity index (χ0v) is 13.4. The summed E-state index contributed by atoms with van der Waals surface area (Å²) in [5.41, 5.74) is 4.27. The summed E-state index contributed by atoms with van der Waals surface area (Å²) in [7, 11) is 0. The van der Waals surface area contributed by atoms with Crippen LogP contribution in [0.15, 0.2) is 24.4 Å². The Bertz CT molecular complexity index is 623. The number of nitrogens with zero attached hydrogens (tertiary/aromatic N) is 2. The lowest BCUT2D eigenvalue weighted by molar-refractivity contribution is 0.435. The second-order valence-electron chi connectivity index (χ2n) is 5.67. The van der Waals surface area contributed by atoms with E-state index in [9.17, 15) is 0 Å². The molecule has 0 unspecified atom stereocenters.